The average Bonchev–Trinajstić information content (AvgIpc) is 1.98. The lowest BCUT2D eigenvalue weighted by molar-refractivity contribution is -0.180. The summed E-state index contributed by atoms with van der Waals surface area (Å²) >= 11 is 0. The highest BCUT2D eigenvalue weighted by Gasteiger charge is 2.39. The Labute approximate surface area is 65.0 Å². The van der Waals surface area contributed by atoms with Gasteiger partial charge in [0.15, 0.2) is 5.92 Å². The first-order chi connectivity index (χ1) is 5.25. The number of unbranched alkanes of at least 4 members (excludes halogenated alkanes) is 1. The lowest BCUT2D eigenvalue weighted by Gasteiger charge is -2.17. The van der Waals surface area contributed by atoms with E-state index in [-0.39, 0.29) is 0 Å². The average molecular weight is 154 g/mol. The maximum atomic E-state index is 10.5. The van der Waals surface area contributed by atoms with Crippen molar-refractivity contribution in [2.45, 2.75) is 19.8 Å². The van der Waals surface area contributed by atoms with Gasteiger partial charge in [0, 0.05) is 0 Å². The van der Waals surface area contributed by atoms with Crippen molar-refractivity contribution >= 4 is 11.9 Å². The summed E-state index contributed by atoms with van der Waals surface area (Å²) in [6.07, 6.45) is 5.37. The first kappa shape index (κ1) is 7.98. The Morgan fingerprint density at radius 1 is 1.45 bits per heavy atom. The van der Waals surface area contributed by atoms with Crippen molar-refractivity contribution in [2.75, 3.05) is 0 Å². The summed E-state index contributed by atoms with van der Waals surface area (Å²) in [7, 11) is 0. The molecule has 1 fully saturated rings. The molecule has 0 aliphatic carbocycles. The second-order valence-electron chi connectivity index (χ2n) is 2.43. The summed E-state index contributed by atoms with van der Waals surface area (Å²) < 4.78 is 4.15. The summed E-state index contributed by atoms with van der Waals surface area (Å²) in [5.74, 6) is -1.47. The zero-order valence-corrected chi connectivity index (χ0v) is 6.37. The van der Waals surface area contributed by atoms with Crippen molar-refractivity contribution < 1.29 is 14.3 Å². The van der Waals surface area contributed by atoms with E-state index < -0.39 is 17.9 Å². The molecule has 0 atom stereocenters. The van der Waals surface area contributed by atoms with Gasteiger partial charge in [0.1, 0.15) is 0 Å². The van der Waals surface area contributed by atoms with E-state index in [0.717, 1.165) is 12.8 Å². The normalized spacial score (nSPS) is 18.6. The molecule has 3 heteroatoms. The van der Waals surface area contributed by atoms with Gasteiger partial charge in [-0.1, -0.05) is 25.5 Å². The summed E-state index contributed by atoms with van der Waals surface area (Å²) in [5, 5.41) is 0. The Bertz CT molecular complexity index is 191. The summed E-state index contributed by atoms with van der Waals surface area (Å²) in [5.41, 5.74) is 0. The number of allylic oxidation sites excluding steroid dienone is 1. The predicted molar refractivity (Wildman–Crippen MR) is 38.6 cm³/mol. The fourth-order valence-corrected chi connectivity index (χ4v) is 0.820. The highest BCUT2D eigenvalue weighted by atomic mass is 16.6. The Hall–Kier alpha value is -1.12. The van der Waals surface area contributed by atoms with E-state index in [4.69, 9.17) is 0 Å². The highest BCUT2D eigenvalue weighted by Crippen LogP contribution is 2.16. The minimum Gasteiger partial charge on any atom is -0.391 e. The predicted octanol–water partition coefficient (Wildman–Crippen LogP) is 1.04. The van der Waals surface area contributed by atoms with Crippen LogP contribution in [-0.2, 0) is 14.3 Å². The van der Waals surface area contributed by atoms with E-state index in [1.54, 1.807) is 6.08 Å². The summed E-state index contributed by atoms with van der Waals surface area (Å²) in [6.45, 7) is 2.03. The molecule has 0 aromatic rings. The Morgan fingerprint density at radius 3 is 2.55 bits per heavy atom. The van der Waals surface area contributed by atoms with Crippen LogP contribution in [0.3, 0.4) is 0 Å². The number of carbonyl (C=O) groups excluding carboxylic acids is 2. The third-order valence-electron chi connectivity index (χ3n) is 1.49. The first-order valence-corrected chi connectivity index (χ1v) is 3.68. The molecule has 0 amide bonds. The molecular weight excluding hydrogens is 144 g/mol. The Balaban J connectivity index is 2.36. The van der Waals surface area contributed by atoms with Gasteiger partial charge in [-0.05, 0) is 6.42 Å². The van der Waals surface area contributed by atoms with Gasteiger partial charge in [-0.15, -0.1) is 0 Å². The van der Waals surface area contributed by atoms with Crippen molar-refractivity contribution in [1.82, 2.24) is 0 Å². The minimum atomic E-state index is -0.610. The van der Waals surface area contributed by atoms with Crippen LogP contribution in [0.1, 0.15) is 19.8 Å². The van der Waals surface area contributed by atoms with Gasteiger partial charge in [-0.3, -0.25) is 9.59 Å². The number of carbonyl (C=O) groups is 2. The molecule has 0 unspecified atom stereocenters. The molecule has 0 spiro atoms. The second kappa shape index (κ2) is 3.32. The van der Waals surface area contributed by atoms with Crippen molar-refractivity contribution in [1.29, 1.82) is 0 Å². The van der Waals surface area contributed by atoms with E-state index in [0.29, 0.717) is 0 Å². The molecule has 3 nitrogen and oxygen atoms in total. The molecular formula is C8H10O3. The lowest BCUT2D eigenvalue weighted by Crippen LogP contribution is -2.39. The van der Waals surface area contributed by atoms with Gasteiger partial charge in [0.25, 0.3) is 0 Å². The molecule has 1 aliphatic rings. The molecule has 60 valence electrons. The number of hydrogen-bond donors (Lipinski definition) is 0. The number of ether oxygens (including phenoxy) is 1. The monoisotopic (exact) mass is 154 g/mol. The molecule has 1 rings (SSSR count). The number of esters is 2. The van der Waals surface area contributed by atoms with Crippen LogP contribution in [0.15, 0.2) is 12.2 Å². The van der Waals surface area contributed by atoms with Crippen LogP contribution < -0.4 is 0 Å². The van der Waals surface area contributed by atoms with Gasteiger partial charge >= 0.3 is 11.9 Å². The lowest BCUT2D eigenvalue weighted by atomic mass is 10.1. The molecule has 0 saturated carbocycles. The van der Waals surface area contributed by atoms with Crippen molar-refractivity contribution in [3.05, 3.63) is 12.2 Å². The van der Waals surface area contributed by atoms with Gasteiger partial charge in [0.2, 0.25) is 0 Å². The van der Waals surface area contributed by atoms with Gasteiger partial charge in [-0.25, -0.2) is 0 Å². The number of cyclic esters (lactones) is 2. The van der Waals surface area contributed by atoms with Crippen LogP contribution in [0.4, 0.5) is 0 Å². The molecule has 11 heavy (non-hydrogen) atoms. The topological polar surface area (TPSA) is 43.4 Å². The third kappa shape index (κ3) is 1.67. The fraction of sp³-hybridized carbons (Fsp3) is 0.500. The smallest absolute Gasteiger partial charge is 0.331 e. The quantitative estimate of drug-likeness (QED) is 0.346. The van der Waals surface area contributed by atoms with E-state index >= 15 is 0 Å². The standard InChI is InChI=1S/C8H10O3/c1-2-3-4-5-6-7(9)11-8(6)10/h4-6H,2-3H2,1H3/b5-4-. The number of rotatable bonds is 3. The van der Waals surface area contributed by atoms with Crippen LogP contribution in [0.2, 0.25) is 0 Å². The van der Waals surface area contributed by atoms with Crippen LogP contribution in [-0.4, -0.2) is 11.9 Å². The zero-order valence-electron chi connectivity index (χ0n) is 6.37. The molecule has 1 saturated heterocycles. The van der Waals surface area contributed by atoms with Crippen molar-refractivity contribution in [2.24, 2.45) is 5.92 Å². The maximum absolute atomic E-state index is 10.5. The molecule has 0 N–H and O–H groups in total. The molecule has 0 radical (unpaired) electrons. The summed E-state index contributed by atoms with van der Waals surface area (Å²) in [4.78, 5) is 21.1. The molecule has 0 aromatic carbocycles. The minimum absolute atomic E-state index is 0.428. The molecule has 1 heterocycles. The molecule has 1 aliphatic heterocycles. The van der Waals surface area contributed by atoms with E-state index in [9.17, 15) is 9.59 Å². The fourth-order valence-electron chi connectivity index (χ4n) is 0.820. The molecule has 0 bridgehead atoms. The van der Waals surface area contributed by atoms with Crippen LogP contribution in [0.25, 0.3) is 0 Å². The second-order valence-corrected chi connectivity index (χ2v) is 2.43. The first-order valence-electron chi connectivity index (χ1n) is 3.68. The number of hydrogen-bond acceptors (Lipinski definition) is 3. The highest BCUT2D eigenvalue weighted by molar-refractivity contribution is 6.11. The molecule has 0 aromatic heterocycles. The third-order valence-corrected chi connectivity index (χ3v) is 1.49. The summed E-state index contributed by atoms with van der Waals surface area (Å²) in [6, 6.07) is 0. The van der Waals surface area contributed by atoms with Gasteiger partial charge < -0.3 is 4.74 Å². The van der Waals surface area contributed by atoms with E-state index in [1.165, 1.54) is 0 Å². The van der Waals surface area contributed by atoms with Crippen LogP contribution in [0, 0.1) is 5.92 Å². The Morgan fingerprint density at radius 2 is 2.09 bits per heavy atom. The van der Waals surface area contributed by atoms with E-state index in [2.05, 4.69) is 4.74 Å². The van der Waals surface area contributed by atoms with Crippen molar-refractivity contribution in [3.8, 4) is 0 Å². The maximum Gasteiger partial charge on any atom is 0.331 e. The van der Waals surface area contributed by atoms with Crippen molar-refractivity contribution in [3.63, 3.8) is 0 Å². The van der Waals surface area contributed by atoms with E-state index in [1.807, 2.05) is 13.0 Å². The van der Waals surface area contributed by atoms with Crippen LogP contribution in [0.5, 0.6) is 0 Å². The zero-order chi connectivity index (χ0) is 8.27. The van der Waals surface area contributed by atoms with Crippen LogP contribution >= 0.6 is 0 Å². The van der Waals surface area contributed by atoms with Gasteiger partial charge in [-0.2, -0.15) is 0 Å². The Kier molecular flexibility index (Phi) is 2.41. The largest absolute Gasteiger partial charge is 0.391 e. The van der Waals surface area contributed by atoms with Gasteiger partial charge in [0.05, 0.1) is 0 Å². The SMILES string of the molecule is CCC/C=C\C1C(=O)OC1=O.